The van der Waals surface area contributed by atoms with Crippen LogP contribution in [0.3, 0.4) is 0 Å². The number of nitrogens with zero attached hydrogens (tertiary/aromatic N) is 3. The van der Waals surface area contributed by atoms with E-state index in [0.717, 1.165) is 21.3 Å². The molecular formula is C26H19BrN4O. The summed E-state index contributed by atoms with van der Waals surface area (Å²) in [6.07, 6.45) is 3.42. The van der Waals surface area contributed by atoms with E-state index in [1.807, 2.05) is 97.2 Å². The summed E-state index contributed by atoms with van der Waals surface area (Å²) in [5, 5.41) is 17.2. The number of para-hydroxylation sites is 1. The Kier molecular flexibility index (Phi) is 6.59. The number of rotatable bonds is 6. The molecule has 1 heterocycles. The van der Waals surface area contributed by atoms with Crippen molar-refractivity contribution in [1.29, 1.82) is 5.26 Å². The van der Waals surface area contributed by atoms with E-state index in [-0.39, 0.29) is 5.57 Å². The molecule has 1 N–H and O–H groups in total. The third-order valence-electron chi connectivity index (χ3n) is 4.84. The minimum atomic E-state index is -0.425. The van der Waals surface area contributed by atoms with Crippen molar-refractivity contribution in [2.75, 3.05) is 0 Å². The van der Waals surface area contributed by atoms with E-state index in [2.05, 4.69) is 21.2 Å². The molecule has 3 aromatic carbocycles. The Morgan fingerprint density at radius 2 is 1.66 bits per heavy atom. The van der Waals surface area contributed by atoms with Crippen LogP contribution >= 0.6 is 15.9 Å². The van der Waals surface area contributed by atoms with Gasteiger partial charge in [0.15, 0.2) is 0 Å². The summed E-state index contributed by atoms with van der Waals surface area (Å²) >= 11 is 3.45. The minimum absolute atomic E-state index is 0.0203. The lowest BCUT2D eigenvalue weighted by Gasteiger charge is -2.04. The predicted molar refractivity (Wildman–Crippen MR) is 129 cm³/mol. The average molecular weight is 483 g/mol. The molecule has 4 rings (SSSR count). The number of benzene rings is 3. The van der Waals surface area contributed by atoms with E-state index >= 15 is 0 Å². The Morgan fingerprint density at radius 1 is 1.00 bits per heavy atom. The van der Waals surface area contributed by atoms with Gasteiger partial charge in [0.25, 0.3) is 5.91 Å². The Morgan fingerprint density at radius 3 is 2.31 bits per heavy atom. The molecule has 1 aromatic heterocycles. The van der Waals surface area contributed by atoms with Gasteiger partial charge in [-0.25, -0.2) is 4.68 Å². The van der Waals surface area contributed by atoms with Crippen molar-refractivity contribution < 1.29 is 4.79 Å². The van der Waals surface area contributed by atoms with Crippen molar-refractivity contribution >= 4 is 27.9 Å². The molecule has 0 radical (unpaired) electrons. The molecular weight excluding hydrogens is 464 g/mol. The van der Waals surface area contributed by atoms with Crippen molar-refractivity contribution in [3.05, 3.63) is 112 Å². The largest absolute Gasteiger partial charge is 0.347 e. The molecule has 5 nitrogen and oxygen atoms in total. The SMILES string of the molecule is N#C/C(=C\c1cn(-c2ccccc2)nc1-c1ccc(Br)cc1)C(=O)NCc1ccccc1. The van der Waals surface area contributed by atoms with Crippen LogP contribution in [0, 0.1) is 11.3 Å². The first kappa shape index (κ1) is 21.3. The third kappa shape index (κ3) is 5.02. The summed E-state index contributed by atoms with van der Waals surface area (Å²) in [5.41, 5.74) is 4.12. The summed E-state index contributed by atoms with van der Waals surface area (Å²) in [5.74, 6) is -0.425. The Bertz CT molecular complexity index is 1290. The minimum Gasteiger partial charge on any atom is -0.347 e. The summed E-state index contributed by atoms with van der Waals surface area (Å²) in [6, 6.07) is 29.1. The third-order valence-corrected chi connectivity index (χ3v) is 5.37. The maximum Gasteiger partial charge on any atom is 0.262 e. The Labute approximate surface area is 194 Å². The lowest BCUT2D eigenvalue weighted by atomic mass is 10.1. The summed E-state index contributed by atoms with van der Waals surface area (Å²) < 4.78 is 2.71. The quantitative estimate of drug-likeness (QED) is 0.290. The van der Waals surface area contributed by atoms with E-state index in [0.29, 0.717) is 17.8 Å². The molecule has 0 saturated heterocycles. The second-order valence-electron chi connectivity index (χ2n) is 7.06. The highest BCUT2D eigenvalue weighted by Crippen LogP contribution is 2.27. The Hall–Kier alpha value is -3.95. The molecule has 0 bridgehead atoms. The maximum absolute atomic E-state index is 12.7. The summed E-state index contributed by atoms with van der Waals surface area (Å²) in [7, 11) is 0. The van der Waals surface area contributed by atoms with Crippen LogP contribution < -0.4 is 5.32 Å². The number of hydrogen-bond acceptors (Lipinski definition) is 3. The van der Waals surface area contributed by atoms with Crippen LogP contribution in [-0.2, 0) is 11.3 Å². The lowest BCUT2D eigenvalue weighted by Crippen LogP contribution is -2.23. The molecule has 6 heteroatoms. The van der Waals surface area contributed by atoms with Crippen molar-refractivity contribution in [2.24, 2.45) is 0 Å². The number of hydrogen-bond donors (Lipinski definition) is 1. The average Bonchev–Trinajstić information content (AvgIpc) is 3.26. The van der Waals surface area contributed by atoms with Crippen molar-refractivity contribution in [2.45, 2.75) is 6.54 Å². The van der Waals surface area contributed by atoms with Gasteiger partial charge in [-0.05, 0) is 35.9 Å². The fourth-order valence-electron chi connectivity index (χ4n) is 3.22. The van der Waals surface area contributed by atoms with Crippen LogP contribution in [0.1, 0.15) is 11.1 Å². The van der Waals surface area contributed by atoms with Gasteiger partial charge in [0.05, 0.1) is 11.4 Å². The zero-order chi connectivity index (χ0) is 22.3. The highest BCUT2D eigenvalue weighted by Gasteiger charge is 2.15. The molecule has 0 aliphatic heterocycles. The molecule has 0 aliphatic carbocycles. The fourth-order valence-corrected chi connectivity index (χ4v) is 3.48. The molecule has 156 valence electrons. The number of nitrogens with one attached hydrogen (secondary N) is 1. The molecule has 0 saturated carbocycles. The zero-order valence-corrected chi connectivity index (χ0v) is 18.7. The van der Waals surface area contributed by atoms with Gasteiger partial charge in [0, 0.05) is 28.3 Å². The molecule has 0 atom stereocenters. The molecule has 4 aromatic rings. The number of nitriles is 1. The normalized spacial score (nSPS) is 11.1. The first-order chi connectivity index (χ1) is 15.6. The Balaban J connectivity index is 1.69. The van der Waals surface area contributed by atoms with Crippen LogP contribution in [-0.4, -0.2) is 15.7 Å². The van der Waals surface area contributed by atoms with Crippen LogP contribution in [0.25, 0.3) is 23.0 Å². The van der Waals surface area contributed by atoms with Gasteiger partial charge in [-0.2, -0.15) is 10.4 Å². The van der Waals surface area contributed by atoms with Crippen LogP contribution in [0.15, 0.2) is 101 Å². The van der Waals surface area contributed by atoms with Crippen LogP contribution in [0.5, 0.6) is 0 Å². The molecule has 0 aliphatic rings. The second kappa shape index (κ2) is 9.90. The van der Waals surface area contributed by atoms with Crippen LogP contribution in [0.2, 0.25) is 0 Å². The van der Waals surface area contributed by atoms with Gasteiger partial charge in [0.1, 0.15) is 11.6 Å². The molecule has 0 spiro atoms. The fraction of sp³-hybridized carbons (Fsp3) is 0.0385. The van der Waals surface area contributed by atoms with Gasteiger partial charge >= 0.3 is 0 Å². The topological polar surface area (TPSA) is 70.7 Å². The predicted octanol–water partition coefficient (Wildman–Crippen LogP) is 5.53. The summed E-state index contributed by atoms with van der Waals surface area (Å²) in [4.78, 5) is 12.7. The van der Waals surface area contributed by atoms with Gasteiger partial charge in [-0.3, -0.25) is 4.79 Å². The molecule has 1 amide bonds. The van der Waals surface area contributed by atoms with E-state index < -0.39 is 5.91 Å². The zero-order valence-electron chi connectivity index (χ0n) is 17.1. The van der Waals surface area contributed by atoms with E-state index in [4.69, 9.17) is 5.10 Å². The molecule has 0 unspecified atom stereocenters. The van der Waals surface area contributed by atoms with Gasteiger partial charge in [-0.15, -0.1) is 0 Å². The van der Waals surface area contributed by atoms with Gasteiger partial charge in [0.2, 0.25) is 0 Å². The van der Waals surface area contributed by atoms with Gasteiger partial charge < -0.3 is 5.32 Å². The molecule has 32 heavy (non-hydrogen) atoms. The number of aromatic nitrogens is 2. The smallest absolute Gasteiger partial charge is 0.262 e. The first-order valence-corrected chi connectivity index (χ1v) is 10.8. The highest BCUT2D eigenvalue weighted by atomic mass is 79.9. The maximum atomic E-state index is 12.7. The van der Waals surface area contributed by atoms with Crippen molar-refractivity contribution in [3.63, 3.8) is 0 Å². The second-order valence-corrected chi connectivity index (χ2v) is 7.97. The highest BCUT2D eigenvalue weighted by molar-refractivity contribution is 9.10. The first-order valence-electron chi connectivity index (χ1n) is 9.99. The standard InChI is InChI=1S/C26H19BrN4O/c27-23-13-11-20(12-14-23)25-22(18-31(30-25)24-9-5-2-6-10-24)15-21(16-28)26(32)29-17-19-7-3-1-4-8-19/h1-15,18H,17H2,(H,29,32)/b21-15+. The van der Waals surface area contributed by atoms with Crippen molar-refractivity contribution in [3.8, 4) is 23.0 Å². The van der Waals surface area contributed by atoms with Gasteiger partial charge in [-0.1, -0.05) is 76.6 Å². The monoisotopic (exact) mass is 482 g/mol. The van der Waals surface area contributed by atoms with E-state index in [1.54, 1.807) is 10.8 Å². The van der Waals surface area contributed by atoms with Crippen LogP contribution in [0.4, 0.5) is 0 Å². The number of halogens is 1. The number of carbonyl (C=O) groups excluding carboxylic acids is 1. The van der Waals surface area contributed by atoms with E-state index in [1.165, 1.54) is 0 Å². The number of amides is 1. The van der Waals surface area contributed by atoms with E-state index in [9.17, 15) is 10.1 Å². The summed E-state index contributed by atoms with van der Waals surface area (Å²) in [6.45, 7) is 0.349. The van der Waals surface area contributed by atoms with Crippen molar-refractivity contribution in [1.82, 2.24) is 15.1 Å². The molecule has 0 fully saturated rings. The number of carbonyl (C=O) groups is 1. The lowest BCUT2D eigenvalue weighted by molar-refractivity contribution is -0.117.